The highest BCUT2D eigenvalue weighted by atomic mass is 19.2. The average molecular weight is 447 g/mol. The van der Waals surface area contributed by atoms with Gasteiger partial charge in [-0.1, -0.05) is 48.5 Å². The molecule has 2 amide bonds. The van der Waals surface area contributed by atoms with E-state index in [-0.39, 0.29) is 17.0 Å². The van der Waals surface area contributed by atoms with Gasteiger partial charge in [-0.3, -0.25) is 9.59 Å². The standard InChI is InChI=1S/C25H19F2N3O3/c1-28-24(32)22(16-11-12-19(26)20(27)13-16)30-23(31)17-9-5-6-10-18(17)25-29-14-21(33-25)15-7-3-2-4-8-15/h2-14,22H,1H3,(H,28,32)(H,30,31). The third-order valence-corrected chi connectivity index (χ3v) is 5.03. The highest BCUT2D eigenvalue weighted by Crippen LogP contribution is 2.28. The summed E-state index contributed by atoms with van der Waals surface area (Å²) in [6, 6.07) is 17.8. The van der Waals surface area contributed by atoms with Crippen molar-refractivity contribution in [3.05, 3.63) is 102 Å². The van der Waals surface area contributed by atoms with E-state index in [2.05, 4.69) is 15.6 Å². The molecule has 33 heavy (non-hydrogen) atoms. The number of hydrogen-bond donors (Lipinski definition) is 2. The molecular formula is C25H19F2N3O3. The van der Waals surface area contributed by atoms with E-state index in [0.29, 0.717) is 11.3 Å². The zero-order chi connectivity index (χ0) is 23.4. The lowest BCUT2D eigenvalue weighted by atomic mass is 10.0. The third-order valence-electron chi connectivity index (χ3n) is 5.03. The molecule has 2 N–H and O–H groups in total. The van der Waals surface area contributed by atoms with Crippen LogP contribution in [0.1, 0.15) is 22.0 Å². The van der Waals surface area contributed by atoms with Crippen molar-refractivity contribution >= 4 is 11.8 Å². The first kappa shape index (κ1) is 21.9. The fraction of sp³-hybridized carbons (Fsp3) is 0.0800. The maximum atomic E-state index is 13.8. The van der Waals surface area contributed by atoms with Gasteiger partial charge in [-0.2, -0.15) is 0 Å². The number of hydrogen-bond acceptors (Lipinski definition) is 4. The molecule has 1 heterocycles. The Morgan fingerprint density at radius 2 is 1.67 bits per heavy atom. The number of amides is 2. The Balaban J connectivity index is 1.65. The number of carbonyl (C=O) groups excluding carboxylic acids is 2. The van der Waals surface area contributed by atoms with Crippen LogP contribution in [-0.2, 0) is 4.79 Å². The minimum Gasteiger partial charge on any atom is -0.436 e. The Kier molecular flexibility index (Phi) is 6.26. The van der Waals surface area contributed by atoms with E-state index in [1.165, 1.54) is 13.1 Å². The highest BCUT2D eigenvalue weighted by molar-refractivity contribution is 6.02. The quantitative estimate of drug-likeness (QED) is 0.456. The SMILES string of the molecule is CNC(=O)C(NC(=O)c1ccccc1-c1ncc(-c2ccccc2)o1)c1ccc(F)c(F)c1. The van der Waals surface area contributed by atoms with Crippen LogP contribution < -0.4 is 10.6 Å². The van der Waals surface area contributed by atoms with Crippen molar-refractivity contribution in [3.8, 4) is 22.8 Å². The van der Waals surface area contributed by atoms with Gasteiger partial charge in [-0.15, -0.1) is 0 Å². The Morgan fingerprint density at radius 1 is 0.939 bits per heavy atom. The second-order valence-electron chi connectivity index (χ2n) is 7.14. The van der Waals surface area contributed by atoms with Crippen LogP contribution in [0, 0.1) is 11.6 Å². The maximum absolute atomic E-state index is 13.8. The Bertz CT molecular complexity index is 1310. The highest BCUT2D eigenvalue weighted by Gasteiger charge is 2.25. The van der Waals surface area contributed by atoms with Gasteiger partial charge in [-0.05, 0) is 29.8 Å². The number of nitrogens with zero attached hydrogens (tertiary/aromatic N) is 1. The molecule has 1 unspecified atom stereocenters. The summed E-state index contributed by atoms with van der Waals surface area (Å²) < 4.78 is 33.0. The molecule has 6 nitrogen and oxygen atoms in total. The molecule has 0 fully saturated rings. The van der Waals surface area contributed by atoms with Crippen molar-refractivity contribution in [2.75, 3.05) is 7.05 Å². The van der Waals surface area contributed by atoms with E-state index in [4.69, 9.17) is 4.42 Å². The first-order chi connectivity index (χ1) is 16.0. The Hall–Kier alpha value is -4.33. The molecule has 0 saturated heterocycles. The van der Waals surface area contributed by atoms with Crippen molar-refractivity contribution in [1.82, 2.24) is 15.6 Å². The van der Waals surface area contributed by atoms with Crippen LogP contribution in [0.2, 0.25) is 0 Å². The maximum Gasteiger partial charge on any atom is 0.252 e. The molecule has 0 saturated carbocycles. The molecule has 0 radical (unpaired) electrons. The minimum atomic E-state index is -1.24. The smallest absolute Gasteiger partial charge is 0.252 e. The van der Waals surface area contributed by atoms with Crippen LogP contribution in [0.25, 0.3) is 22.8 Å². The van der Waals surface area contributed by atoms with Crippen molar-refractivity contribution < 1.29 is 22.8 Å². The summed E-state index contributed by atoms with van der Waals surface area (Å²) in [6.07, 6.45) is 1.56. The van der Waals surface area contributed by atoms with Crippen LogP contribution >= 0.6 is 0 Å². The first-order valence-corrected chi connectivity index (χ1v) is 10.1. The first-order valence-electron chi connectivity index (χ1n) is 10.1. The summed E-state index contributed by atoms with van der Waals surface area (Å²) in [5.41, 5.74) is 1.55. The van der Waals surface area contributed by atoms with Crippen molar-refractivity contribution in [2.45, 2.75) is 6.04 Å². The summed E-state index contributed by atoms with van der Waals surface area (Å²) >= 11 is 0. The number of carbonyl (C=O) groups is 2. The van der Waals surface area contributed by atoms with Gasteiger partial charge in [0.05, 0.1) is 11.8 Å². The number of aromatic nitrogens is 1. The summed E-state index contributed by atoms with van der Waals surface area (Å²) in [4.78, 5) is 29.9. The molecule has 8 heteroatoms. The predicted octanol–water partition coefficient (Wildman–Crippen LogP) is 4.50. The van der Waals surface area contributed by atoms with Gasteiger partial charge in [0, 0.05) is 18.2 Å². The second-order valence-corrected chi connectivity index (χ2v) is 7.14. The van der Waals surface area contributed by atoms with E-state index in [9.17, 15) is 18.4 Å². The lowest BCUT2D eigenvalue weighted by molar-refractivity contribution is -0.122. The fourth-order valence-corrected chi connectivity index (χ4v) is 3.35. The number of halogens is 2. The number of nitrogens with one attached hydrogen (secondary N) is 2. The molecule has 0 aliphatic carbocycles. The Labute approximate surface area is 188 Å². The van der Waals surface area contributed by atoms with Gasteiger partial charge < -0.3 is 15.1 Å². The third kappa shape index (κ3) is 4.64. The minimum absolute atomic E-state index is 0.0987. The van der Waals surface area contributed by atoms with Crippen molar-refractivity contribution in [2.24, 2.45) is 0 Å². The molecule has 4 aromatic rings. The second kappa shape index (κ2) is 9.44. The molecule has 0 aliphatic rings. The van der Waals surface area contributed by atoms with Crippen molar-refractivity contribution in [3.63, 3.8) is 0 Å². The number of rotatable bonds is 6. The fourth-order valence-electron chi connectivity index (χ4n) is 3.35. The molecule has 0 bridgehead atoms. The number of likely N-dealkylation sites (N-methyl/N-ethyl adjacent to an activating group) is 1. The monoisotopic (exact) mass is 447 g/mol. The average Bonchev–Trinajstić information content (AvgIpc) is 3.34. The summed E-state index contributed by atoms with van der Waals surface area (Å²) in [6.45, 7) is 0. The van der Waals surface area contributed by atoms with Crippen LogP contribution in [0.3, 0.4) is 0 Å². The van der Waals surface area contributed by atoms with Crippen LogP contribution in [0.15, 0.2) is 83.4 Å². The molecule has 3 aromatic carbocycles. The summed E-state index contributed by atoms with van der Waals surface area (Å²) in [5.74, 6) is -2.61. The largest absolute Gasteiger partial charge is 0.436 e. The van der Waals surface area contributed by atoms with Gasteiger partial charge in [0.1, 0.15) is 6.04 Å². The Morgan fingerprint density at radius 3 is 2.39 bits per heavy atom. The molecule has 4 rings (SSSR count). The van der Waals surface area contributed by atoms with Crippen LogP contribution in [0.4, 0.5) is 8.78 Å². The van der Waals surface area contributed by atoms with Gasteiger partial charge >= 0.3 is 0 Å². The zero-order valence-corrected chi connectivity index (χ0v) is 17.5. The predicted molar refractivity (Wildman–Crippen MR) is 118 cm³/mol. The molecule has 0 spiro atoms. The molecule has 1 aromatic heterocycles. The van der Waals surface area contributed by atoms with E-state index < -0.39 is 29.5 Å². The molecule has 1 atom stereocenters. The van der Waals surface area contributed by atoms with E-state index >= 15 is 0 Å². The lowest BCUT2D eigenvalue weighted by Gasteiger charge is -2.18. The van der Waals surface area contributed by atoms with Gasteiger partial charge in [0.2, 0.25) is 11.8 Å². The zero-order valence-electron chi connectivity index (χ0n) is 17.5. The van der Waals surface area contributed by atoms with E-state index in [1.807, 2.05) is 30.3 Å². The topological polar surface area (TPSA) is 84.2 Å². The van der Waals surface area contributed by atoms with Gasteiger partial charge in [0.25, 0.3) is 5.91 Å². The summed E-state index contributed by atoms with van der Waals surface area (Å²) in [7, 11) is 1.38. The molecule has 166 valence electrons. The van der Waals surface area contributed by atoms with E-state index in [0.717, 1.165) is 17.7 Å². The van der Waals surface area contributed by atoms with Gasteiger partial charge in [-0.25, -0.2) is 13.8 Å². The molecule has 0 aliphatic heterocycles. The lowest BCUT2D eigenvalue weighted by Crippen LogP contribution is -2.39. The van der Waals surface area contributed by atoms with Gasteiger partial charge in [0.15, 0.2) is 17.4 Å². The summed E-state index contributed by atoms with van der Waals surface area (Å²) in [5, 5.41) is 5.01. The number of benzene rings is 3. The molecular weight excluding hydrogens is 428 g/mol. The van der Waals surface area contributed by atoms with E-state index in [1.54, 1.807) is 30.5 Å². The normalized spacial score (nSPS) is 11.6. The van der Waals surface area contributed by atoms with Crippen molar-refractivity contribution in [1.29, 1.82) is 0 Å². The van der Waals surface area contributed by atoms with Crippen LogP contribution in [0.5, 0.6) is 0 Å². The number of oxazole rings is 1. The van der Waals surface area contributed by atoms with Crippen LogP contribution in [-0.4, -0.2) is 23.8 Å².